The van der Waals surface area contributed by atoms with Gasteiger partial charge in [0, 0.05) is 5.69 Å². The fourth-order valence-corrected chi connectivity index (χ4v) is 1.93. The van der Waals surface area contributed by atoms with Crippen LogP contribution in [0.2, 0.25) is 0 Å². The second-order valence-electron chi connectivity index (χ2n) is 3.58. The van der Waals surface area contributed by atoms with Crippen LogP contribution in [0.25, 0.3) is 0 Å². The number of carbonyl (C=O) groups excluding carboxylic acids is 2. The number of aryl methyl sites for hydroxylation is 1. The minimum Gasteiger partial charge on any atom is -0.360 e. The van der Waals surface area contributed by atoms with E-state index in [1.165, 1.54) is 0 Å². The van der Waals surface area contributed by atoms with Crippen LogP contribution in [0.1, 0.15) is 19.4 Å². The molecule has 1 unspecified atom stereocenters. The third kappa shape index (κ3) is 4.11. The Kier molecular flexibility index (Phi) is 5.03. The molecule has 5 heteroatoms. The van der Waals surface area contributed by atoms with E-state index in [1.54, 1.807) is 6.92 Å². The molecule has 1 aromatic rings. The molecule has 0 heterocycles. The first-order valence-corrected chi connectivity index (χ1v) is 6.27. The van der Waals surface area contributed by atoms with Crippen LogP contribution in [0.4, 0.5) is 10.5 Å². The summed E-state index contributed by atoms with van der Waals surface area (Å²) in [5, 5.41) is 1.77. The lowest BCUT2D eigenvalue weighted by atomic mass is 10.1. The van der Waals surface area contributed by atoms with E-state index < -0.39 is 10.5 Å². The third-order valence-corrected chi connectivity index (χ3v) is 3.12. The molecule has 92 valence electrons. The predicted octanol–water partition coefficient (Wildman–Crippen LogP) is 2.39. The van der Waals surface area contributed by atoms with Crippen molar-refractivity contribution in [1.82, 2.24) is 0 Å². The molecule has 17 heavy (non-hydrogen) atoms. The molecule has 4 nitrogen and oxygen atoms in total. The fourth-order valence-electron chi connectivity index (χ4n) is 1.41. The highest BCUT2D eigenvalue weighted by molar-refractivity contribution is 8.14. The maximum Gasteiger partial charge on any atom is 0.277 e. The zero-order chi connectivity index (χ0) is 12.8. The average Bonchev–Trinajstić information content (AvgIpc) is 2.28. The minimum absolute atomic E-state index is 0.213. The Labute approximate surface area is 105 Å². The van der Waals surface area contributed by atoms with Crippen LogP contribution in [0, 0.1) is 0 Å². The van der Waals surface area contributed by atoms with Crippen LogP contribution >= 0.6 is 11.8 Å². The van der Waals surface area contributed by atoms with Crippen molar-refractivity contribution in [3.8, 4) is 0 Å². The highest BCUT2D eigenvalue weighted by Gasteiger charge is 2.16. The highest BCUT2D eigenvalue weighted by Crippen LogP contribution is 2.18. The number of amides is 2. The van der Waals surface area contributed by atoms with E-state index in [-0.39, 0.29) is 5.91 Å². The SMILES string of the molecule is CCc1ccccc1NC(=O)C(C)SC(N)=O. The standard InChI is InChI=1S/C12H16N2O2S/c1-3-9-6-4-5-7-10(9)14-11(15)8(2)17-12(13)16/h4-8H,3H2,1-2H3,(H2,13,16)(H,14,15). The van der Waals surface area contributed by atoms with Crippen molar-refractivity contribution in [2.75, 3.05) is 5.32 Å². The Bertz CT molecular complexity index is 421. The molecule has 1 atom stereocenters. The van der Waals surface area contributed by atoms with Gasteiger partial charge >= 0.3 is 0 Å². The van der Waals surface area contributed by atoms with E-state index in [1.807, 2.05) is 31.2 Å². The van der Waals surface area contributed by atoms with E-state index in [2.05, 4.69) is 5.32 Å². The number of anilines is 1. The molecule has 0 radical (unpaired) electrons. The van der Waals surface area contributed by atoms with Crippen molar-refractivity contribution in [2.24, 2.45) is 5.73 Å². The van der Waals surface area contributed by atoms with Crippen molar-refractivity contribution >= 4 is 28.6 Å². The van der Waals surface area contributed by atoms with Crippen LogP contribution in [0.5, 0.6) is 0 Å². The molecule has 0 aromatic heterocycles. The zero-order valence-electron chi connectivity index (χ0n) is 9.90. The van der Waals surface area contributed by atoms with Crippen molar-refractivity contribution in [1.29, 1.82) is 0 Å². The Morgan fingerprint density at radius 3 is 2.65 bits per heavy atom. The molecule has 2 amide bonds. The van der Waals surface area contributed by atoms with Gasteiger partial charge < -0.3 is 11.1 Å². The van der Waals surface area contributed by atoms with E-state index in [0.29, 0.717) is 0 Å². The molecular formula is C12H16N2O2S. The second-order valence-corrected chi connectivity index (χ2v) is 4.92. The predicted molar refractivity (Wildman–Crippen MR) is 71.1 cm³/mol. The minimum atomic E-state index is -0.545. The number of thioether (sulfide) groups is 1. The van der Waals surface area contributed by atoms with Crippen LogP contribution in [-0.2, 0) is 11.2 Å². The maximum atomic E-state index is 11.8. The summed E-state index contributed by atoms with van der Waals surface area (Å²) in [6, 6.07) is 7.59. The summed E-state index contributed by atoms with van der Waals surface area (Å²) in [4.78, 5) is 22.5. The monoisotopic (exact) mass is 252 g/mol. The lowest BCUT2D eigenvalue weighted by molar-refractivity contribution is -0.115. The van der Waals surface area contributed by atoms with Gasteiger partial charge in [-0.15, -0.1) is 0 Å². The van der Waals surface area contributed by atoms with Crippen molar-refractivity contribution < 1.29 is 9.59 Å². The molecule has 0 aliphatic carbocycles. The smallest absolute Gasteiger partial charge is 0.277 e. The number of nitrogens with one attached hydrogen (secondary N) is 1. The van der Waals surface area contributed by atoms with Crippen LogP contribution in [-0.4, -0.2) is 16.4 Å². The first-order valence-electron chi connectivity index (χ1n) is 5.39. The van der Waals surface area contributed by atoms with E-state index in [9.17, 15) is 9.59 Å². The molecule has 0 bridgehead atoms. The van der Waals surface area contributed by atoms with Gasteiger partial charge in [0.05, 0.1) is 5.25 Å². The molecule has 0 aliphatic heterocycles. The lowest BCUT2D eigenvalue weighted by Crippen LogP contribution is -2.25. The van der Waals surface area contributed by atoms with Crippen LogP contribution < -0.4 is 11.1 Å². The Morgan fingerprint density at radius 1 is 1.41 bits per heavy atom. The number of rotatable bonds is 4. The maximum absolute atomic E-state index is 11.8. The number of carbonyl (C=O) groups is 2. The normalized spacial score (nSPS) is 11.9. The van der Waals surface area contributed by atoms with E-state index in [4.69, 9.17) is 5.73 Å². The average molecular weight is 252 g/mol. The van der Waals surface area contributed by atoms with Gasteiger partial charge in [-0.1, -0.05) is 36.9 Å². The Balaban J connectivity index is 2.70. The molecule has 3 N–H and O–H groups in total. The quantitative estimate of drug-likeness (QED) is 0.864. The summed E-state index contributed by atoms with van der Waals surface area (Å²) < 4.78 is 0. The van der Waals surface area contributed by atoms with Gasteiger partial charge in [-0.2, -0.15) is 0 Å². The van der Waals surface area contributed by atoms with E-state index in [0.717, 1.165) is 29.4 Å². The van der Waals surface area contributed by atoms with Gasteiger partial charge in [-0.25, -0.2) is 0 Å². The molecule has 1 aromatic carbocycles. The van der Waals surface area contributed by atoms with E-state index >= 15 is 0 Å². The van der Waals surface area contributed by atoms with Gasteiger partial charge in [0.1, 0.15) is 0 Å². The van der Waals surface area contributed by atoms with Crippen molar-refractivity contribution in [3.63, 3.8) is 0 Å². The summed E-state index contributed by atoms with van der Waals surface area (Å²) in [5.41, 5.74) is 6.88. The topological polar surface area (TPSA) is 72.2 Å². The lowest BCUT2D eigenvalue weighted by Gasteiger charge is -2.12. The molecule has 0 fully saturated rings. The van der Waals surface area contributed by atoms with Gasteiger partial charge in [-0.05, 0) is 25.0 Å². The number of hydrogen-bond donors (Lipinski definition) is 2. The molecular weight excluding hydrogens is 236 g/mol. The summed E-state index contributed by atoms with van der Waals surface area (Å²) in [5.74, 6) is -0.213. The Hall–Kier alpha value is -1.49. The van der Waals surface area contributed by atoms with Crippen LogP contribution in [0.15, 0.2) is 24.3 Å². The largest absolute Gasteiger partial charge is 0.360 e. The van der Waals surface area contributed by atoms with Gasteiger partial charge in [0.25, 0.3) is 5.24 Å². The van der Waals surface area contributed by atoms with Crippen molar-refractivity contribution in [2.45, 2.75) is 25.5 Å². The second kappa shape index (κ2) is 6.30. The first-order chi connectivity index (χ1) is 8.04. The number of primary amides is 1. The number of hydrogen-bond acceptors (Lipinski definition) is 3. The fraction of sp³-hybridized carbons (Fsp3) is 0.333. The number of para-hydroxylation sites is 1. The summed E-state index contributed by atoms with van der Waals surface area (Å²) in [7, 11) is 0. The van der Waals surface area contributed by atoms with Crippen LogP contribution in [0.3, 0.4) is 0 Å². The zero-order valence-corrected chi connectivity index (χ0v) is 10.7. The molecule has 0 saturated heterocycles. The van der Waals surface area contributed by atoms with Gasteiger partial charge in [0.2, 0.25) is 5.91 Å². The molecule has 0 spiro atoms. The highest BCUT2D eigenvalue weighted by atomic mass is 32.2. The molecule has 0 aliphatic rings. The van der Waals surface area contributed by atoms with Gasteiger partial charge in [-0.3, -0.25) is 9.59 Å². The van der Waals surface area contributed by atoms with Gasteiger partial charge in [0.15, 0.2) is 0 Å². The summed E-state index contributed by atoms with van der Waals surface area (Å²) in [6.45, 7) is 3.67. The number of nitrogens with two attached hydrogens (primary N) is 1. The Morgan fingerprint density at radius 2 is 2.06 bits per heavy atom. The third-order valence-electron chi connectivity index (χ3n) is 2.32. The first kappa shape index (κ1) is 13.6. The number of benzene rings is 1. The molecule has 0 saturated carbocycles. The summed E-state index contributed by atoms with van der Waals surface area (Å²) in [6.07, 6.45) is 0.841. The van der Waals surface area contributed by atoms with Crippen molar-refractivity contribution in [3.05, 3.63) is 29.8 Å². The summed E-state index contributed by atoms with van der Waals surface area (Å²) >= 11 is 0.822. The molecule has 1 rings (SSSR count).